The van der Waals surface area contributed by atoms with Crippen LogP contribution in [0.3, 0.4) is 0 Å². The lowest BCUT2D eigenvalue weighted by Crippen LogP contribution is -2.55. The van der Waals surface area contributed by atoms with Crippen LogP contribution in [0.4, 0.5) is 0 Å². The molecule has 68 valence electrons. The van der Waals surface area contributed by atoms with Crippen molar-refractivity contribution < 1.29 is 0 Å². The Morgan fingerprint density at radius 1 is 1.42 bits per heavy atom. The third kappa shape index (κ3) is 1.61. The molecule has 0 N–H and O–H groups in total. The number of nitrogens with zero attached hydrogens (tertiary/aromatic N) is 2. The third-order valence-corrected chi connectivity index (χ3v) is 2.95. The van der Waals surface area contributed by atoms with Crippen LogP contribution < -0.4 is 0 Å². The number of hydrogen-bond acceptors (Lipinski definition) is 2. The van der Waals surface area contributed by atoms with E-state index in [2.05, 4.69) is 24.8 Å². The minimum atomic E-state index is -0.134. The molecule has 0 aliphatic carbocycles. The maximum Gasteiger partial charge on any atom is 0.0687 e. The van der Waals surface area contributed by atoms with Crippen molar-refractivity contribution in [2.24, 2.45) is 11.3 Å². The van der Waals surface area contributed by atoms with Crippen LogP contribution in [0, 0.1) is 22.7 Å². The van der Waals surface area contributed by atoms with Crippen molar-refractivity contribution in [1.82, 2.24) is 4.90 Å². The van der Waals surface area contributed by atoms with Gasteiger partial charge >= 0.3 is 0 Å². The molecule has 0 saturated carbocycles. The van der Waals surface area contributed by atoms with Gasteiger partial charge in [0.1, 0.15) is 0 Å². The quantitative estimate of drug-likeness (QED) is 0.626. The summed E-state index contributed by atoms with van der Waals surface area (Å²) < 4.78 is 0. The van der Waals surface area contributed by atoms with Crippen LogP contribution in [-0.2, 0) is 0 Å². The van der Waals surface area contributed by atoms with Crippen LogP contribution in [-0.4, -0.2) is 24.0 Å². The molecule has 0 spiro atoms. The first-order valence-electron chi connectivity index (χ1n) is 4.62. The fourth-order valence-corrected chi connectivity index (χ4v) is 1.48. The Morgan fingerprint density at radius 2 is 1.92 bits per heavy atom. The van der Waals surface area contributed by atoms with Gasteiger partial charge in [0.2, 0.25) is 0 Å². The zero-order valence-electron chi connectivity index (χ0n) is 8.46. The highest BCUT2D eigenvalue weighted by atomic mass is 15.2. The third-order valence-electron chi connectivity index (χ3n) is 2.95. The van der Waals surface area contributed by atoms with Gasteiger partial charge in [0, 0.05) is 25.0 Å². The van der Waals surface area contributed by atoms with Crippen molar-refractivity contribution in [1.29, 1.82) is 5.26 Å². The lowest BCUT2D eigenvalue weighted by molar-refractivity contribution is 0.0178. The molecule has 1 aliphatic rings. The molecule has 0 amide bonds. The van der Waals surface area contributed by atoms with Gasteiger partial charge in [0.05, 0.1) is 11.5 Å². The van der Waals surface area contributed by atoms with Crippen LogP contribution in [0.2, 0.25) is 0 Å². The second kappa shape index (κ2) is 3.06. The Balaban J connectivity index is 2.40. The summed E-state index contributed by atoms with van der Waals surface area (Å²) in [5.41, 5.74) is -0.134. The van der Waals surface area contributed by atoms with Crippen molar-refractivity contribution in [2.45, 2.75) is 33.7 Å². The summed E-state index contributed by atoms with van der Waals surface area (Å²) >= 11 is 0. The Morgan fingerprint density at radius 3 is 2.25 bits per heavy atom. The van der Waals surface area contributed by atoms with Crippen LogP contribution in [0.1, 0.15) is 27.7 Å². The Hall–Kier alpha value is -0.550. The molecule has 1 saturated heterocycles. The molecule has 2 nitrogen and oxygen atoms in total. The molecule has 1 aliphatic heterocycles. The molecule has 12 heavy (non-hydrogen) atoms. The zero-order chi connectivity index (χ0) is 9.35. The molecule has 0 aromatic rings. The molecule has 1 rings (SSSR count). The fraction of sp³-hybridized carbons (Fsp3) is 0.900. The lowest BCUT2D eigenvalue weighted by Gasteiger charge is -2.46. The van der Waals surface area contributed by atoms with Gasteiger partial charge in [-0.15, -0.1) is 0 Å². The second-order valence-corrected chi connectivity index (χ2v) is 4.58. The van der Waals surface area contributed by atoms with Crippen LogP contribution in [0.15, 0.2) is 0 Å². The van der Waals surface area contributed by atoms with Gasteiger partial charge in [-0.05, 0) is 27.7 Å². The number of nitriles is 1. The van der Waals surface area contributed by atoms with E-state index in [9.17, 15) is 0 Å². The molecule has 2 heteroatoms. The summed E-state index contributed by atoms with van der Waals surface area (Å²) in [5.74, 6) is 0.574. The Kier molecular flexibility index (Phi) is 2.44. The average Bonchev–Trinajstić information content (AvgIpc) is 1.82. The number of likely N-dealkylation sites (tertiary alicyclic amines) is 1. The van der Waals surface area contributed by atoms with Crippen LogP contribution in [0.5, 0.6) is 0 Å². The maximum atomic E-state index is 8.89. The summed E-state index contributed by atoms with van der Waals surface area (Å²) in [6.07, 6.45) is 0. The van der Waals surface area contributed by atoms with E-state index in [0.29, 0.717) is 12.0 Å². The van der Waals surface area contributed by atoms with Crippen LogP contribution >= 0.6 is 0 Å². The van der Waals surface area contributed by atoms with Gasteiger partial charge in [-0.25, -0.2) is 0 Å². The molecule has 1 fully saturated rings. The van der Waals surface area contributed by atoms with Crippen molar-refractivity contribution in [3.63, 3.8) is 0 Å². The second-order valence-electron chi connectivity index (χ2n) is 4.58. The number of rotatable bonds is 2. The summed E-state index contributed by atoms with van der Waals surface area (Å²) in [5, 5.41) is 8.89. The lowest BCUT2D eigenvalue weighted by atomic mass is 9.75. The average molecular weight is 166 g/mol. The maximum absolute atomic E-state index is 8.89. The summed E-state index contributed by atoms with van der Waals surface area (Å²) in [4.78, 5) is 2.41. The first-order valence-corrected chi connectivity index (χ1v) is 4.62. The predicted octanol–water partition coefficient (Wildman–Crippen LogP) is 1.88. The van der Waals surface area contributed by atoms with E-state index in [1.165, 1.54) is 0 Å². The molecule has 0 aromatic carbocycles. The first-order chi connectivity index (χ1) is 5.47. The van der Waals surface area contributed by atoms with Gasteiger partial charge in [0.25, 0.3) is 0 Å². The Bertz CT molecular complexity index is 194. The van der Waals surface area contributed by atoms with E-state index < -0.39 is 0 Å². The van der Waals surface area contributed by atoms with E-state index in [1.807, 2.05) is 13.8 Å². The van der Waals surface area contributed by atoms with E-state index in [4.69, 9.17) is 5.26 Å². The first kappa shape index (κ1) is 9.54. The molecule has 0 bridgehead atoms. The molecular weight excluding hydrogens is 148 g/mol. The summed E-state index contributed by atoms with van der Waals surface area (Å²) in [6, 6.07) is 3.01. The van der Waals surface area contributed by atoms with E-state index in [-0.39, 0.29) is 5.41 Å². The minimum absolute atomic E-state index is 0.134. The zero-order valence-corrected chi connectivity index (χ0v) is 8.46. The Labute approximate surface area is 75.2 Å². The molecular formula is C10H18N2. The highest BCUT2D eigenvalue weighted by Crippen LogP contribution is 2.34. The van der Waals surface area contributed by atoms with E-state index in [0.717, 1.165) is 13.1 Å². The molecule has 0 aromatic heterocycles. The predicted molar refractivity (Wildman–Crippen MR) is 49.6 cm³/mol. The largest absolute Gasteiger partial charge is 0.300 e. The smallest absolute Gasteiger partial charge is 0.0687 e. The topological polar surface area (TPSA) is 27.0 Å². The van der Waals surface area contributed by atoms with Gasteiger partial charge < -0.3 is 4.90 Å². The monoisotopic (exact) mass is 166 g/mol. The SMILES string of the molecule is CC(C)N1CC(C(C)(C)C#N)C1. The fourth-order valence-electron chi connectivity index (χ4n) is 1.48. The molecule has 1 heterocycles. The molecule has 0 atom stereocenters. The molecule has 0 unspecified atom stereocenters. The normalized spacial score (nSPS) is 20.7. The van der Waals surface area contributed by atoms with Crippen molar-refractivity contribution in [3.05, 3.63) is 0 Å². The summed E-state index contributed by atoms with van der Waals surface area (Å²) in [7, 11) is 0. The van der Waals surface area contributed by atoms with Crippen molar-refractivity contribution in [2.75, 3.05) is 13.1 Å². The van der Waals surface area contributed by atoms with Gasteiger partial charge in [-0.3, -0.25) is 0 Å². The van der Waals surface area contributed by atoms with Crippen molar-refractivity contribution in [3.8, 4) is 6.07 Å². The van der Waals surface area contributed by atoms with Gasteiger partial charge in [-0.1, -0.05) is 0 Å². The van der Waals surface area contributed by atoms with Gasteiger partial charge in [0.15, 0.2) is 0 Å². The minimum Gasteiger partial charge on any atom is -0.300 e. The standard InChI is InChI=1S/C10H18N2/c1-8(2)12-5-9(6-12)10(3,4)7-11/h8-9H,5-6H2,1-4H3. The van der Waals surface area contributed by atoms with E-state index in [1.54, 1.807) is 0 Å². The highest BCUT2D eigenvalue weighted by Gasteiger charge is 2.39. The summed E-state index contributed by atoms with van der Waals surface area (Å²) in [6.45, 7) is 10.7. The number of hydrogen-bond donors (Lipinski definition) is 0. The van der Waals surface area contributed by atoms with Gasteiger partial charge in [-0.2, -0.15) is 5.26 Å². The van der Waals surface area contributed by atoms with E-state index >= 15 is 0 Å². The van der Waals surface area contributed by atoms with Crippen molar-refractivity contribution >= 4 is 0 Å². The molecule has 0 radical (unpaired) electrons. The van der Waals surface area contributed by atoms with Crippen LogP contribution in [0.25, 0.3) is 0 Å². The highest BCUT2D eigenvalue weighted by molar-refractivity contribution is 5.02.